The predicted octanol–water partition coefficient (Wildman–Crippen LogP) is 1.14. The summed E-state index contributed by atoms with van der Waals surface area (Å²) in [6.07, 6.45) is 6.61. The topological polar surface area (TPSA) is 38.5 Å². The maximum absolute atomic E-state index is 5.69. The first kappa shape index (κ1) is 9.96. The van der Waals surface area contributed by atoms with Gasteiger partial charge in [-0.05, 0) is 25.8 Å². The van der Waals surface area contributed by atoms with Crippen molar-refractivity contribution in [2.45, 2.75) is 38.2 Å². The molecular formula is C9H20N2O. The van der Waals surface area contributed by atoms with Gasteiger partial charge in [0.2, 0.25) is 0 Å². The van der Waals surface area contributed by atoms with Gasteiger partial charge in [0.25, 0.3) is 0 Å². The van der Waals surface area contributed by atoms with Gasteiger partial charge in [-0.2, -0.15) is 5.06 Å². The Bertz CT molecular complexity index is 113. The van der Waals surface area contributed by atoms with Crippen LogP contribution in [0.25, 0.3) is 0 Å². The van der Waals surface area contributed by atoms with Gasteiger partial charge >= 0.3 is 0 Å². The van der Waals surface area contributed by atoms with Gasteiger partial charge < -0.3 is 5.73 Å². The molecule has 3 nitrogen and oxygen atoms in total. The van der Waals surface area contributed by atoms with E-state index in [4.69, 9.17) is 10.6 Å². The molecule has 2 N–H and O–H groups in total. The third kappa shape index (κ3) is 3.52. The number of nitrogens with two attached hydrogens (primary N) is 1. The van der Waals surface area contributed by atoms with Crippen LogP contribution in [0.4, 0.5) is 0 Å². The van der Waals surface area contributed by atoms with E-state index in [0.717, 1.165) is 19.5 Å². The Labute approximate surface area is 74.8 Å². The minimum Gasteiger partial charge on any atom is -0.330 e. The number of nitrogens with zero attached hydrogens (tertiary/aromatic N) is 1. The third-order valence-corrected chi connectivity index (χ3v) is 2.31. The van der Waals surface area contributed by atoms with Gasteiger partial charge in [-0.25, -0.2) is 0 Å². The van der Waals surface area contributed by atoms with E-state index in [1.54, 1.807) is 0 Å². The molecule has 1 aliphatic carbocycles. The van der Waals surface area contributed by atoms with Crippen molar-refractivity contribution in [3.63, 3.8) is 0 Å². The summed E-state index contributed by atoms with van der Waals surface area (Å²) in [5.74, 6) is 0. The Balaban J connectivity index is 2.03. The summed E-state index contributed by atoms with van der Waals surface area (Å²) in [6.45, 7) is 1.70. The Morgan fingerprint density at radius 2 is 2.08 bits per heavy atom. The van der Waals surface area contributed by atoms with Crippen LogP contribution < -0.4 is 5.73 Å². The largest absolute Gasteiger partial charge is 0.330 e. The first-order valence-corrected chi connectivity index (χ1v) is 4.91. The van der Waals surface area contributed by atoms with Gasteiger partial charge in [-0.15, -0.1) is 0 Å². The van der Waals surface area contributed by atoms with E-state index in [1.807, 2.05) is 12.1 Å². The zero-order chi connectivity index (χ0) is 8.81. The summed E-state index contributed by atoms with van der Waals surface area (Å²) in [5.41, 5.74) is 5.40. The van der Waals surface area contributed by atoms with Crippen LogP contribution in [0.5, 0.6) is 0 Å². The number of hydrogen-bond donors (Lipinski definition) is 1. The molecule has 0 aromatic carbocycles. The molecule has 0 unspecified atom stereocenters. The first-order chi connectivity index (χ1) is 5.83. The number of hydrogen-bond acceptors (Lipinski definition) is 3. The molecule has 0 heterocycles. The van der Waals surface area contributed by atoms with Crippen molar-refractivity contribution >= 4 is 0 Å². The van der Waals surface area contributed by atoms with Gasteiger partial charge in [0.15, 0.2) is 0 Å². The van der Waals surface area contributed by atoms with Crippen molar-refractivity contribution in [3.8, 4) is 0 Å². The van der Waals surface area contributed by atoms with Crippen LogP contribution in [0.2, 0.25) is 0 Å². The second-order valence-electron chi connectivity index (χ2n) is 3.51. The normalized spacial score (nSPS) is 19.2. The van der Waals surface area contributed by atoms with Crippen molar-refractivity contribution in [2.24, 2.45) is 5.73 Å². The molecule has 0 saturated heterocycles. The lowest BCUT2D eigenvalue weighted by Crippen LogP contribution is -2.26. The van der Waals surface area contributed by atoms with E-state index >= 15 is 0 Å². The lowest BCUT2D eigenvalue weighted by Gasteiger charge is -2.20. The van der Waals surface area contributed by atoms with E-state index in [-0.39, 0.29) is 0 Å². The van der Waals surface area contributed by atoms with Gasteiger partial charge in [0.1, 0.15) is 0 Å². The number of hydroxylamine groups is 2. The van der Waals surface area contributed by atoms with Gasteiger partial charge in [0.05, 0.1) is 6.10 Å². The van der Waals surface area contributed by atoms with Crippen LogP contribution in [0.1, 0.15) is 32.1 Å². The highest BCUT2D eigenvalue weighted by Gasteiger charge is 2.17. The van der Waals surface area contributed by atoms with E-state index in [2.05, 4.69) is 0 Å². The quantitative estimate of drug-likeness (QED) is 0.632. The van der Waals surface area contributed by atoms with Crippen molar-refractivity contribution in [1.29, 1.82) is 0 Å². The van der Waals surface area contributed by atoms with Crippen LogP contribution in [-0.4, -0.2) is 31.3 Å². The molecule has 3 heteroatoms. The Kier molecular flexibility index (Phi) is 4.58. The molecule has 1 saturated carbocycles. The van der Waals surface area contributed by atoms with E-state index < -0.39 is 0 Å². The maximum Gasteiger partial charge on any atom is 0.0793 e. The molecule has 12 heavy (non-hydrogen) atoms. The molecular weight excluding hydrogens is 152 g/mol. The molecule has 1 rings (SSSR count). The summed E-state index contributed by atoms with van der Waals surface area (Å²) in [6, 6.07) is 0. The summed E-state index contributed by atoms with van der Waals surface area (Å²) in [4.78, 5) is 5.69. The van der Waals surface area contributed by atoms with Crippen molar-refractivity contribution in [3.05, 3.63) is 0 Å². The minimum absolute atomic E-state index is 0.479. The van der Waals surface area contributed by atoms with Gasteiger partial charge in [0, 0.05) is 13.6 Å². The fraction of sp³-hybridized carbons (Fsp3) is 1.00. The Hall–Kier alpha value is -0.120. The lowest BCUT2D eigenvalue weighted by molar-refractivity contribution is -0.178. The second kappa shape index (κ2) is 5.51. The molecule has 0 amide bonds. The Morgan fingerprint density at radius 3 is 2.67 bits per heavy atom. The summed E-state index contributed by atoms with van der Waals surface area (Å²) < 4.78 is 0. The Morgan fingerprint density at radius 1 is 1.42 bits per heavy atom. The van der Waals surface area contributed by atoms with Crippen molar-refractivity contribution in [1.82, 2.24) is 5.06 Å². The molecule has 72 valence electrons. The zero-order valence-corrected chi connectivity index (χ0v) is 7.96. The smallest absolute Gasteiger partial charge is 0.0793 e. The highest BCUT2D eigenvalue weighted by atomic mass is 16.7. The zero-order valence-electron chi connectivity index (χ0n) is 7.96. The fourth-order valence-electron chi connectivity index (χ4n) is 1.61. The molecule has 0 atom stereocenters. The van der Waals surface area contributed by atoms with Crippen LogP contribution in [0.15, 0.2) is 0 Å². The molecule has 1 fully saturated rings. The standard InChI is InChI=1S/C9H20N2O/c1-11(8-4-7-10)12-9-5-2-3-6-9/h9H,2-8,10H2,1H3. The molecule has 0 aromatic heterocycles. The van der Waals surface area contributed by atoms with Crippen LogP contribution in [0, 0.1) is 0 Å². The average Bonchev–Trinajstić information content (AvgIpc) is 2.53. The maximum atomic E-state index is 5.69. The fourth-order valence-corrected chi connectivity index (χ4v) is 1.61. The molecule has 0 spiro atoms. The van der Waals surface area contributed by atoms with Crippen LogP contribution in [-0.2, 0) is 4.84 Å². The van der Waals surface area contributed by atoms with Crippen LogP contribution in [0.3, 0.4) is 0 Å². The molecule has 0 aromatic rings. The number of rotatable bonds is 5. The predicted molar refractivity (Wildman–Crippen MR) is 49.6 cm³/mol. The first-order valence-electron chi connectivity index (χ1n) is 4.91. The van der Waals surface area contributed by atoms with Gasteiger partial charge in [-0.3, -0.25) is 4.84 Å². The summed E-state index contributed by atoms with van der Waals surface area (Å²) >= 11 is 0. The molecule has 1 aliphatic rings. The third-order valence-electron chi connectivity index (χ3n) is 2.31. The minimum atomic E-state index is 0.479. The SMILES string of the molecule is CN(CCCN)OC1CCCC1. The molecule has 0 radical (unpaired) electrons. The van der Waals surface area contributed by atoms with Gasteiger partial charge in [-0.1, -0.05) is 12.8 Å². The van der Waals surface area contributed by atoms with E-state index in [0.29, 0.717) is 6.10 Å². The van der Waals surface area contributed by atoms with Crippen LogP contribution >= 0.6 is 0 Å². The second-order valence-corrected chi connectivity index (χ2v) is 3.51. The highest BCUT2D eigenvalue weighted by Crippen LogP contribution is 2.21. The highest BCUT2D eigenvalue weighted by molar-refractivity contribution is 4.65. The monoisotopic (exact) mass is 172 g/mol. The molecule has 0 aliphatic heterocycles. The lowest BCUT2D eigenvalue weighted by atomic mass is 10.3. The van der Waals surface area contributed by atoms with E-state index in [1.165, 1.54) is 25.7 Å². The average molecular weight is 172 g/mol. The van der Waals surface area contributed by atoms with E-state index in [9.17, 15) is 0 Å². The summed E-state index contributed by atoms with van der Waals surface area (Å²) in [5, 5.41) is 1.93. The summed E-state index contributed by atoms with van der Waals surface area (Å²) in [7, 11) is 1.99. The molecule has 0 bridgehead atoms. The van der Waals surface area contributed by atoms with Crippen molar-refractivity contribution in [2.75, 3.05) is 20.1 Å². The van der Waals surface area contributed by atoms with Crippen molar-refractivity contribution < 1.29 is 4.84 Å².